The molecule has 3 aromatic rings. The molecule has 0 aliphatic carbocycles. The van der Waals surface area contributed by atoms with Crippen LogP contribution in [0, 0.1) is 11.3 Å². The lowest BCUT2D eigenvalue weighted by Gasteiger charge is -2.24. The lowest BCUT2D eigenvalue weighted by Crippen LogP contribution is -2.37. The van der Waals surface area contributed by atoms with Crippen molar-refractivity contribution in [2.75, 3.05) is 11.4 Å². The molecule has 2 aromatic carbocycles. The van der Waals surface area contributed by atoms with Crippen LogP contribution in [0.4, 0.5) is 5.69 Å². The van der Waals surface area contributed by atoms with Crippen LogP contribution in [0.5, 0.6) is 0 Å². The van der Waals surface area contributed by atoms with E-state index in [0.29, 0.717) is 13.0 Å². The molecule has 0 saturated carbocycles. The van der Waals surface area contributed by atoms with E-state index in [2.05, 4.69) is 11.1 Å². The molecular weight excluding hydrogens is 350 g/mol. The SMILES string of the molecule is C[C@H](Sc1nc2ccccc2s1)C(=O)N(CCC#N)c1ccccc1. The smallest absolute Gasteiger partial charge is 0.240 e. The summed E-state index contributed by atoms with van der Waals surface area (Å²) in [6.45, 7) is 2.28. The number of hydrogen-bond acceptors (Lipinski definition) is 5. The van der Waals surface area contributed by atoms with Crippen molar-refractivity contribution in [2.45, 2.75) is 22.9 Å². The first-order valence-electron chi connectivity index (χ1n) is 7.94. The molecule has 6 heteroatoms. The predicted octanol–water partition coefficient (Wildman–Crippen LogP) is 4.72. The molecule has 1 heterocycles. The third-order valence-corrected chi connectivity index (χ3v) is 5.90. The summed E-state index contributed by atoms with van der Waals surface area (Å²) in [7, 11) is 0. The molecule has 0 radical (unpaired) electrons. The standard InChI is InChI=1S/C19H17N3OS2/c1-14(24-19-21-16-10-5-6-11-17(16)25-19)18(23)22(13-7-12-20)15-8-3-2-4-9-15/h2-6,8-11,14H,7,13H2,1H3/t14-/m0/s1. The number of carbonyl (C=O) groups excluding carboxylic acids is 1. The highest BCUT2D eigenvalue weighted by atomic mass is 32.2. The Labute approximate surface area is 155 Å². The fourth-order valence-electron chi connectivity index (χ4n) is 2.46. The van der Waals surface area contributed by atoms with Gasteiger partial charge in [0.25, 0.3) is 0 Å². The van der Waals surface area contributed by atoms with E-state index in [1.807, 2.05) is 61.5 Å². The average molecular weight is 367 g/mol. The molecule has 0 saturated heterocycles. The first-order chi connectivity index (χ1) is 12.2. The van der Waals surface area contributed by atoms with Crippen molar-refractivity contribution in [1.82, 2.24) is 4.98 Å². The largest absolute Gasteiger partial charge is 0.310 e. The quantitative estimate of drug-likeness (QED) is 0.591. The summed E-state index contributed by atoms with van der Waals surface area (Å²) in [5.41, 5.74) is 1.78. The van der Waals surface area contributed by atoms with Crippen molar-refractivity contribution in [3.05, 3.63) is 54.6 Å². The molecule has 4 nitrogen and oxygen atoms in total. The number of anilines is 1. The first kappa shape index (κ1) is 17.5. The summed E-state index contributed by atoms with van der Waals surface area (Å²) < 4.78 is 2.00. The van der Waals surface area contributed by atoms with Gasteiger partial charge in [-0.3, -0.25) is 4.79 Å². The zero-order valence-electron chi connectivity index (χ0n) is 13.8. The Morgan fingerprint density at radius 1 is 1.24 bits per heavy atom. The minimum Gasteiger partial charge on any atom is -0.310 e. The number of hydrogen-bond donors (Lipinski definition) is 0. The molecular formula is C19H17N3OS2. The van der Waals surface area contributed by atoms with Gasteiger partial charge in [-0.2, -0.15) is 5.26 Å². The Balaban J connectivity index is 1.77. The Morgan fingerprint density at radius 3 is 2.68 bits per heavy atom. The second-order valence-electron chi connectivity index (χ2n) is 5.44. The van der Waals surface area contributed by atoms with Crippen LogP contribution in [0.3, 0.4) is 0 Å². The van der Waals surface area contributed by atoms with Crippen molar-refractivity contribution in [2.24, 2.45) is 0 Å². The lowest BCUT2D eigenvalue weighted by molar-refractivity contribution is -0.117. The normalized spacial score (nSPS) is 11.8. The number of amides is 1. The van der Waals surface area contributed by atoms with E-state index in [0.717, 1.165) is 20.2 Å². The van der Waals surface area contributed by atoms with Gasteiger partial charge in [-0.1, -0.05) is 42.1 Å². The van der Waals surface area contributed by atoms with Crippen LogP contribution < -0.4 is 4.90 Å². The van der Waals surface area contributed by atoms with Crippen LogP contribution in [-0.2, 0) is 4.79 Å². The van der Waals surface area contributed by atoms with Gasteiger partial charge < -0.3 is 4.90 Å². The monoisotopic (exact) mass is 367 g/mol. The van der Waals surface area contributed by atoms with Crippen LogP contribution in [0.1, 0.15) is 13.3 Å². The molecule has 25 heavy (non-hydrogen) atoms. The zero-order chi connectivity index (χ0) is 17.6. The molecule has 0 aliphatic heterocycles. The van der Waals surface area contributed by atoms with Crippen LogP contribution in [0.2, 0.25) is 0 Å². The molecule has 3 rings (SSSR count). The predicted molar refractivity (Wildman–Crippen MR) is 104 cm³/mol. The molecule has 0 spiro atoms. The zero-order valence-corrected chi connectivity index (χ0v) is 15.4. The van der Waals surface area contributed by atoms with Crippen LogP contribution in [-0.4, -0.2) is 22.7 Å². The molecule has 0 bridgehead atoms. The summed E-state index contributed by atoms with van der Waals surface area (Å²) in [4.78, 5) is 19.2. The minimum absolute atomic E-state index is 0.00861. The van der Waals surface area contributed by atoms with Crippen LogP contribution >= 0.6 is 23.1 Å². The molecule has 126 valence electrons. The minimum atomic E-state index is -0.278. The summed E-state index contributed by atoms with van der Waals surface area (Å²) in [6.07, 6.45) is 0.305. The van der Waals surface area contributed by atoms with Gasteiger partial charge in [-0.25, -0.2) is 4.98 Å². The van der Waals surface area contributed by atoms with Crippen LogP contribution in [0.15, 0.2) is 58.9 Å². The fraction of sp³-hybridized carbons (Fsp3) is 0.211. The number of benzene rings is 2. The lowest BCUT2D eigenvalue weighted by atomic mass is 10.2. The number of nitriles is 1. The summed E-state index contributed by atoms with van der Waals surface area (Å²) in [5.74, 6) is -0.00861. The number of thiazole rings is 1. The molecule has 1 amide bonds. The molecule has 0 unspecified atom stereocenters. The maximum atomic E-state index is 12.9. The highest BCUT2D eigenvalue weighted by molar-refractivity contribution is 8.02. The average Bonchev–Trinajstić information content (AvgIpc) is 3.05. The van der Waals surface area contributed by atoms with Gasteiger partial charge in [0.2, 0.25) is 5.91 Å². The van der Waals surface area contributed by atoms with Crippen LogP contribution in [0.25, 0.3) is 10.2 Å². The van der Waals surface area contributed by atoms with Crippen molar-refractivity contribution >= 4 is 44.9 Å². The van der Waals surface area contributed by atoms with E-state index in [9.17, 15) is 4.79 Å². The van der Waals surface area contributed by atoms with Crippen molar-refractivity contribution < 1.29 is 4.79 Å². The molecule has 0 N–H and O–H groups in total. The molecule has 0 aliphatic rings. The van der Waals surface area contributed by atoms with Gasteiger partial charge >= 0.3 is 0 Å². The second kappa shape index (κ2) is 8.15. The Kier molecular flexibility index (Phi) is 5.69. The van der Waals surface area contributed by atoms with E-state index in [-0.39, 0.29) is 11.2 Å². The van der Waals surface area contributed by atoms with Crippen molar-refractivity contribution in [3.8, 4) is 6.07 Å². The summed E-state index contributed by atoms with van der Waals surface area (Å²) in [6, 6.07) is 19.6. The fourth-order valence-corrected chi connectivity index (χ4v) is 4.73. The molecule has 1 aromatic heterocycles. The summed E-state index contributed by atoms with van der Waals surface area (Å²) >= 11 is 3.06. The molecule has 0 fully saturated rings. The maximum Gasteiger partial charge on any atom is 0.240 e. The topological polar surface area (TPSA) is 57.0 Å². The van der Waals surface area contributed by atoms with E-state index < -0.39 is 0 Å². The Hall–Kier alpha value is -2.36. The third-order valence-electron chi connectivity index (χ3n) is 3.68. The van der Waals surface area contributed by atoms with Gasteiger partial charge in [0, 0.05) is 12.2 Å². The van der Waals surface area contributed by atoms with Gasteiger partial charge in [0.05, 0.1) is 28.0 Å². The van der Waals surface area contributed by atoms with Gasteiger partial charge in [0.1, 0.15) is 0 Å². The number of para-hydroxylation sites is 2. The third kappa shape index (κ3) is 4.19. The Morgan fingerprint density at radius 2 is 1.96 bits per heavy atom. The number of carbonyl (C=O) groups is 1. The van der Waals surface area contributed by atoms with Gasteiger partial charge in [-0.05, 0) is 31.2 Å². The summed E-state index contributed by atoms with van der Waals surface area (Å²) in [5, 5.41) is 8.62. The van der Waals surface area contributed by atoms with E-state index in [1.165, 1.54) is 11.8 Å². The number of thioether (sulfide) groups is 1. The van der Waals surface area contributed by atoms with E-state index in [4.69, 9.17) is 5.26 Å². The highest BCUT2D eigenvalue weighted by Gasteiger charge is 2.23. The highest BCUT2D eigenvalue weighted by Crippen LogP contribution is 2.33. The maximum absolute atomic E-state index is 12.9. The number of fused-ring (bicyclic) bond motifs is 1. The van der Waals surface area contributed by atoms with Crippen molar-refractivity contribution in [3.63, 3.8) is 0 Å². The van der Waals surface area contributed by atoms with E-state index >= 15 is 0 Å². The van der Waals surface area contributed by atoms with E-state index in [1.54, 1.807) is 16.2 Å². The number of aromatic nitrogens is 1. The first-order valence-corrected chi connectivity index (χ1v) is 9.64. The number of nitrogens with zero attached hydrogens (tertiary/aromatic N) is 3. The number of rotatable bonds is 6. The Bertz CT molecular complexity index is 869. The van der Waals surface area contributed by atoms with Gasteiger partial charge in [0.15, 0.2) is 4.34 Å². The van der Waals surface area contributed by atoms with Gasteiger partial charge in [-0.15, -0.1) is 11.3 Å². The second-order valence-corrected chi connectivity index (χ2v) is 8.06. The van der Waals surface area contributed by atoms with Crippen molar-refractivity contribution in [1.29, 1.82) is 5.26 Å². The molecule has 1 atom stereocenters.